The predicted molar refractivity (Wildman–Crippen MR) is 114 cm³/mol. The third-order valence-electron chi connectivity index (χ3n) is 5.92. The van der Waals surface area contributed by atoms with E-state index in [-0.39, 0.29) is 30.0 Å². The molecular weight excluding hydrogens is 465 g/mol. The van der Waals surface area contributed by atoms with Crippen molar-refractivity contribution in [3.05, 3.63) is 34.7 Å². The second kappa shape index (κ2) is 8.65. The van der Waals surface area contributed by atoms with Crippen molar-refractivity contribution in [2.75, 3.05) is 49.2 Å². The van der Waals surface area contributed by atoms with E-state index in [4.69, 9.17) is 4.74 Å². The number of piperazine rings is 1. The number of anilines is 2. The minimum Gasteiger partial charge on any atom is -0.377 e. The number of alkyl halides is 3. The number of pyridine rings is 1. The van der Waals surface area contributed by atoms with Crippen LogP contribution in [-0.4, -0.2) is 85.1 Å². The van der Waals surface area contributed by atoms with Crippen molar-refractivity contribution in [3.63, 3.8) is 0 Å². The maximum Gasteiger partial charge on any atom is 0.410 e. The van der Waals surface area contributed by atoms with Crippen LogP contribution >= 0.6 is 0 Å². The lowest BCUT2D eigenvalue weighted by Gasteiger charge is -2.42. The van der Waals surface area contributed by atoms with Crippen molar-refractivity contribution < 1.29 is 26.3 Å². The monoisotopic (exact) mass is 490 g/mol. The molecule has 4 rings (SSSR count). The van der Waals surface area contributed by atoms with E-state index in [1.807, 2.05) is 11.8 Å². The van der Waals surface area contributed by atoms with Crippen LogP contribution in [-0.2, 0) is 21.8 Å². The highest BCUT2D eigenvalue weighted by Crippen LogP contribution is 2.33. The molecule has 2 atom stereocenters. The number of rotatable bonds is 4. The number of morpholine rings is 1. The van der Waals surface area contributed by atoms with Crippen LogP contribution in [0.15, 0.2) is 34.2 Å². The van der Waals surface area contributed by atoms with Gasteiger partial charge in [0.2, 0.25) is 0 Å². The summed E-state index contributed by atoms with van der Waals surface area (Å²) in [5, 5.41) is 3.62. The van der Waals surface area contributed by atoms with Gasteiger partial charge in [-0.1, -0.05) is 0 Å². The molecule has 1 N–H and O–H groups in total. The molecule has 0 spiro atoms. The van der Waals surface area contributed by atoms with Gasteiger partial charge in [-0.25, -0.2) is 8.42 Å². The van der Waals surface area contributed by atoms with Crippen molar-refractivity contribution in [3.8, 4) is 0 Å². The fourth-order valence-corrected chi connectivity index (χ4v) is 5.78. The molecule has 10 nitrogen and oxygen atoms in total. The molecule has 0 radical (unpaired) electrons. The van der Waals surface area contributed by atoms with E-state index in [0.29, 0.717) is 25.4 Å². The summed E-state index contributed by atoms with van der Waals surface area (Å²) in [5.74, 6) is -0.00361. The standard InChI is InChI=1S/C19H25F3N6O4S/c1-13-12-32-8-7-27(13)14-9-16(24-17(29)10-14)28-6-5-26(11-15(28)19(20,21)22)33(30,31)18-3-4-23-25(18)2/h3-4,9-10,13,15H,5-8,11-12H2,1-2H3,(H,24,29)/t13?,15-/m0/s1. The number of nitrogens with one attached hydrogen (secondary N) is 1. The maximum atomic E-state index is 14.1. The van der Waals surface area contributed by atoms with E-state index < -0.39 is 34.3 Å². The molecular formula is C19H25F3N6O4S. The number of ether oxygens (including phenoxy) is 1. The third kappa shape index (κ3) is 4.59. The Morgan fingerprint density at radius 2 is 1.94 bits per heavy atom. The average Bonchev–Trinajstić information content (AvgIpc) is 3.19. The first-order valence-corrected chi connectivity index (χ1v) is 11.8. The summed E-state index contributed by atoms with van der Waals surface area (Å²) in [6, 6.07) is 1.91. The van der Waals surface area contributed by atoms with E-state index in [1.165, 1.54) is 31.4 Å². The first-order valence-electron chi connectivity index (χ1n) is 10.4. The van der Waals surface area contributed by atoms with Crippen LogP contribution in [0.4, 0.5) is 24.7 Å². The molecule has 33 heavy (non-hydrogen) atoms. The number of aromatic amines is 1. The Bertz CT molecular complexity index is 1160. The van der Waals surface area contributed by atoms with Gasteiger partial charge in [0, 0.05) is 57.1 Å². The summed E-state index contributed by atoms with van der Waals surface area (Å²) in [5.41, 5.74) is -0.0394. The maximum absolute atomic E-state index is 14.1. The van der Waals surface area contributed by atoms with E-state index in [2.05, 4.69) is 10.1 Å². The number of aryl methyl sites for hydroxylation is 1. The molecule has 2 saturated heterocycles. The number of hydrogen-bond donors (Lipinski definition) is 1. The molecule has 2 aliphatic heterocycles. The molecule has 182 valence electrons. The number of halogens is 3. The largest absolute Gasteiger partial charge is 0.410 e. The molecule has 0 amide bonds. The topological polar surface area (TPSA) is 104 Å². The lowest BCUT2D eigenvalue weighted by atomic mass is 10.1. The van der Waals surface area contributed by atoms with Gasteiger partial charge in [0.15, 0.2) is 5.03 Å². The molecule has 4 heterocycles. The zero-order valence-electron chi connectivity index (χ0n) is 18.1. The SMILES string of the molecule is CC1COCCN1c1cc(N2CCN(S(=O)(=O)c3ccnn3C)C[C@H]2C(F)(F)F)[nH]c(=O)c1. The van der Waals surface area contributed by atoms with Gasteiger partial charge in [-0.15, -0.1) is 0 Å². The molecule has 2 aromatic heterocycles. The number of hydrogen-bond acceptors (Lipinski definition) is 7. The molecule has 0 aromatic carbocycles. The lowest BCUT2D eigenvalue weighted by Crippen LogP contribution is -2.60. The summed E-state index contributed by atoms with van der Waals surface area (Å²) in [4.78, 5) is 17.8. The van der Waals surface area contributed by atoms with Gasteiger partial charge in [0.1, 0.15) is 11.9 Å². The van der Waals surface area contributed by atoms with Gasteiger partial charge in [0.25, 0.3) is 15.6 Å². The van der Waals surface area contributed by atoms with E-state index in [1.54, 1.807) is 0 Å². The summed E-state index contributed by atoms with van der Waals surface area (Å²) in [7, 11) is -2.77. The van der Waals surface area contributed by atoms with Crippen LogP contribution in [0.2, 0.25) is 0 Å². The number of aromatic nitrogens is 3. The molecule has 0 aliphatic carbocycles. The number of H-pyrrole nitrogens is 1. The van der Waals surface area contributed by atoms with Crippen LogP contribution in [0.25, 0.3) is 0 Å². The number of sulfonamides is 1. The van der Waals surface area contributed by atoms with Crippen LogP contribution in [0, 0.1) is 0 Å². The Hall–Kier alpha value is -2.58. The van der Waals surface area contributed by atoms with Crippen LogP contribution in [0.5, 0.6) is 0 Å². The Morgan fingerprint density at radius 1 is 1.18 bits per heavy atom. The Balaban J connectivity index is 1.66. The van der Waals surface area contributed by atoms with E-state index in [9.17, 15) is 26.4 Å². The van der Waals surface area contributed by atoms with Gasteiger partial charge in [-0.2, -0.15) is 22.6 Å². The normalized spacial score (nSPS) is 23.2. The van der Waals surface area contributed by atoms with Gasteiger partial charge in [0.05, 0.1) is 19.4 Å². The van der Waals surface area contributed by atoms with Crippen molar-refractivity contribution in [2.45, 2.75) is 30.2 Å². The Morgan fingerprint density at radius 3 is 2.58 bits per heavy atom. The second-order valence-electron chi connectivity index (χ2n) is 8.11. The molecule has 1 unspecified atom stereocenters. The quantitative estimate of drug-likeness (QED) is 0.676. The fourth-order valence-electron chi connectivity index (χ4n) is 4.24. The average molecular weight is 491 g/mol. The first kappa shape index (κ1) is 23.6. The van der Waals surface area contributed by atoms with Crippen LogP contribution in [0.1, 0.15) is 6.92 Å². The highest BCUT2D eigenvalue weighted by Gasteiger charge is 2.49. The van der Waals surface area contributed by atoms with Crippen molar-refractivity contribution in [2.24, 2.45) is 7.05 Å². The highest BCUT2D eigenvalue weighted by atomic mass is 32.2. The van der Waals surface area contributed by atoms with Crippen LogP contribution in [0.3, 0.4) is 0 Å². The highest BCUT2D eigenvalue weighted by molar-refractivity contribution is 7.89. The molecule has 2 aromatic rings. The zero-order chi connectivity index (χ0) is 24.0. The fraction of sp³-hybridized carbons (Fsp3) is 0.579. The molecule has 2 fully saturated rings. The van der Waals surface area contributed by atoms with Gasteiger partial charge in [-0.05, 0) is 13.0 Å². The smallest absolute Gasteiger partial charge is 0.377 e. The first-order chi connectivity index (χ1) is 15.5. The minimum atomic E-state index is -4.74. The summed E-state index contributed by atoms with van der Waals surface area (Å²) >= 11 is 0. The minimum absolute atomic E-state index is 0.00361. The van der Waals surface area contributed by atoms with Gasteiger partial charge < -0.3 is 19.5 Å². The summed E-state index contributed by atoms with van der Waals surface area (Å²) < 4.78 is 75.4. The summed E-state index contributed by atoms with van der Waals surface area (Å²) in [6.07, 6.45) is -3.47. The molecule has 0 saturated carbocycles. The van der Waals surface area contributed by atoms with E-state index in [0.717, 1.165) is 13.9 Å². The lowest BCUT2D eigenvalue weighted by molar-refractivity contribution is -0.153. The van der Waals surface area contributed by atoms with Crippen LogP contribution < -0.4 is 15.4 Å². The van der Waals surface area contributed by atoms with Gasteiger partial charge in [-0.3, -0.25) is 9.48 Å². The van der Waals surface area contributed by atoms with Gasteiger partial charge >= 0.3 is 6.18 Å². The van der Waals surface area contributed by atoms with E-state index >= 15 is 0 Å². The van der Waals surface area contributed by atoms with Crippen molar-refractivity contribution in [1.29, 1.82) is 0 Å². The Kier molecular flexibility index (Phi) is 6.18. The summed E-state index contributed by atoms with van der Waals surface area (Å²) in [6.45, 7) is 2.06. The van der Waals surface area contributed by atoms with Crippen molar-refractivity contribution in [1.82, 2.24) is 19.1 Å². The molecule has 2 aliphatic rings. The molecule has 14 heteroatoms. The molecule has 0 bridgehead atoms. The zero-order valence-corrected chi connectivity index (χ0v) is 18.9. The predicted octanol–water partition coefficient (Wildman–Crippen LogP) is 0.775. The number of nitrogens with zero attached hydrogens (tertiary/aromatic N) is 5. The Labute approximate surface area is 188 Å². The second-order valence-corrected chi connectivity index (χ2v) is 10.00. The van der Waals surface area contributed by atoms with Crippen molar-refractivity contribution >= 4 is 21.5 Å². The third-order valence-corrected chi connectivity index (χ3v) is 7.87.